The number of esters is 1. The number of benzene rings is 1. The second-order valence-electron chi connectivity index (χ2n) is 4.64. The molecule has 0 saturated heterocycles. The van der Waals surface area contributed by atoms with Gasteiger partial charge in [0.2, 0.25) is 0 Å². The van der Waals surface area contributed by atoms with E-state index in [-0.39, 0.29) is 5.97 Å². The van der Waals surface area contributed by atoms with E-state index in [1.165, 1.54) is 7.11 Å². The summed E-state index contributed by atoms with van der Waals surface area (Å²) in [7, 11) is 2.96. The molecule has 0 heterocycles. The van der Waals surface area contributed by atoms with Crippen molar-refractivity contribution in [2.24, 2.45) is 5.73 Å². The minimum atomic E-state index is -0.360. The molecule has 1 aromatic rings. The number of carbonyl (C=O) groups is 1. The molecule has 0 aliphatic carbocycles. The Kier molecular flexibility index (Phi) is 6.87. The number of carbonyl (C=O) groups excluding carboxylic acids is 1. The number of hydrogen-bond acceptors (Lipinski definition) is 5. The van der Waals surface area contributed by atoms with Gasteiger partial charge >= 0.3 is 5.97 Å². The maximum atomic E-state index is 11.6. The first-order valence-electron chi connectivity index (χ1n) is 6.85. The van der Waals surface area contributed by atoms with E-state index in [1.807, 2.05) is 6.92 Å². The molecular weight excluding hydrogens is 256 g/mol. The predicted molar refractivity (Wildman–Crippen MR) is 80.5 cm³/mol. The van der Waals surface area contributed by atoms with Crippen molar-refractivity contribution in [2.75, 3.05) is 32.6 Å². The van der Waals surface area contributed by atoms with Crippen molar-refractivity contribution in [3.8, 4) is 5.75 Å². The van der Waals surface area contributed by atoms with Crippen LogP contribution in [0.5, 0.6) is 5.75 Å². The van der Waals surface area contributed by atoms with Crippen LogP contribution in [0.25, 0.3) is 0 Å². The fourth-order valence-electron chi connectivity index (χ4n) is 2.04. The largest absolute Gasteiger partial charge is 0.495 e. The number of ether oxygens (including phenoxy) is 2. The summed E-state index contributed by atoms with van der Waals surface area (Å²) in [6.07, 6.45) is 3.20. The van der Waals surface area contributed by atoms with E-state index in [2.05, 4.69) is 5.32 Å². The normalized spacial score (nSPS) is 10.2. The van der Waals surface area contributed by atoms with Gasteiger partial charge in [-0.05, 0) is 44.0 Å². The van der Waals surface area contributed by atoms with Crippen LogP contribution in [0.2, 0.25) is 0 Å². The zero-order chi connectivity index (χ0) is 15.0. The van der Waals surface area contributed by atoms with Crippen LogP contribution < -0.4 is 15.8 Å². The van der Waals surface area contributed by atoms with E-state index in [9.17, 15) is 4.79 Å². The molecule has 5 heteroatoms. The van der Waals surface area contributed by atoms with Crippen molar-refractivity contribution in [1.82, 2.24) is 0 Å². The molecular formula is C15H24N2O3. The monoisotopic (exact) mass is 280 g/mol. The number of hydrogen-bond donors (Lipinski definition) is 2. The third kappa shape index (κ3) is 4.42. The minimum absolute atomic E-state index is 0.360. The molecule has 1 aromatic carbocycles. The lowest BCUT2D eigenvalue weighted by molar-refractivity contribution is 0.0600. The first-order valence-corrected chi connectivity index (χ1v) is 6.85. The third-order valence-electron chi connectivity index (χ3n) is 3.12. The molecule has 5 nitrogen and oxygen atoms in total. The molecule has 0 atom stereocenters. The summed E-state index contributed by atoms with van der Waals surface area (Å²) in [5, 5.41) is 3.36. The number of nitrogens with two attached hydrogens (primary N) is 1. The Morgan fingerprint density at radius 3 is 2.60 bits per heavy atom. The van der Waals surface area contributed by atoms with Gasteiger partial charge in [-0.25, -0.2) is 4.79 Å². The number of methoxy groups -OCH3 is 2. The molecule has 3 N–H and O–H groups in total. The summed E-state index contributed by atoms with van der Waals surface area (Å²) in [4.78, 5) is 11.6. The molecule has 0 aliphatic rings. The third-order valence-corrected chi connectivity index (χ3v) is 3.12. The Bertz CT molecular complexity index is 447. The van der Waals surface area contributed by atoms with Crippen molar-refractivity contribution in [3.05, 3.63) is 23.3 Å². The first-order chi connectivity index (χ1) is 9.63. The molecule has 20 heavy (non-hydrogen) atoms. The van der Waals surface area contributed by atoms with Crippen LogP contribution in [0.4, 0.5) is 5.69 Å². The maximum Gasteiger partial charge on any atom is 0.337 e. The lowest BCUT2D eigenvalue weighted by Gasteiger charge is -2.15. The van der Waals surface area contributed by atoms with Gasteiger partial charge in [-0.15, -0.1) is 0 Å². The van der Waals surface area contributed by atoms with Gasteiger partial charge in [0.05, 0.1) is 25.5 Å². The molecule has 0 amide bonds. The molecule has 112 valence electrons. The highest BCUT2D eigenvalue weighted by Gasteiger charge is 2.13. The number of unbranched alkanes of at least 4 members (excludes halogenated alkanes) is 2. The van der Waals surface area contributed by atoms with E-state index < -0.39 is 0 Å². The van der Waals surface area contributed by atoms with Gasteiger partial charge in [0.25, 0.3) is 0 Å². The SMILES string of the molecule is COC(=O)c1cc(C)c(NCCCCCN)c(OC)c1. The van der Waals surface area contributed by atoms with Crippen molar-refractivity contribution >= 4 is 11.7 Å². The second kappa shape index (κ2) is 8.43. The van der Waals surface area contributed by atoms with Gasteiger partial charge in [0, 0.05) is 6.54 Å². The standard InChI is InChI=1S/C15H24N2O3/c1-11-9-12(15(18)20-3)10-13(19-2)14(11)17-8-6-4-5-7-16/h9-10,17H,4-8,16H2,1-3H3. The Labute approximate surface area is 120 Å². The number of nitrogens with one attached hydrogen (secondary N) is 1. The molecule has 0 spiro atoms. The minimum Gasteiger partial charge on any atom is -0.495 e. The van der Waals surface area contributed by atoms with Crippen molar-refractivity contribution in [1.29, 1.82) is 0 Å². The van der Waals surface area contributed by atoms with Crippen LogP contribution in [0.15, 0.2) is 12.1 Å². The van der Waals surface area contributed by atoms with Gasteiger partial charge in [-0.3, -0.25) is 0 Å². The summed E-state index contributed by atoms with van der Waals surface area (Å²) >= 11 is 0. The van der Waals surface area contributed by atoms with Gasteiger partial charge in [0.1, 0.15) is 5.75 Å². The van der Waals surface area contributed by atoms with Gasteiger partial charge in [-0.1, -0.05) is 6.42 Å². The molecule has 0 fully saturated rings. The van der Waals surface area contributed by atoms with Gasteiger partial charge in [-0.2, -0.15) is 0 Å². The molecule has 0 unspecified atom stereocenters. The number of anilines is 1. The average Bonchev–Trinajstić information content (AvgIpc) is 2.46. The van der Waals surface area contributed by atoms with E-state index in [0.29, 0.717) is 11.3 Å². The highest BCUT2D eigenvalue weighted by atomic mass is 16.5. The topological polar surface area (TPSA) is 73.6 Å². The predicted octanol–water partition coefficient (Wildman–Crippen LogP) is 2.33. The molecule has 0 aliphatic heterocycles. The van der Waals surface area contributed by atoms with Crippen LogP contribution in [0.1, 0.15) is 35.2 Å². The van der Waals surface area contributed by atoms with E-state index >= 15 is 0 Å². The zero-order valence-electron chi connectivity index (χ0n) is 12.5. The van der Waals surface area contributed by atoms with Crippen molar-refractivity contribution in [3.63, 3.8) is 0 Å². The van der Waals surface area contributed by atoms with Crippen LogP contribution in [0, 0.1) is 6.92 Å². The fraction of sp³-hybridized carbons (Fsp3) is 0.533. The molecule has 0 bridgehead atoms. The molecule has 0 radical (unpaired) electrons. The Morgan fingerprint density at radius 2 is 2.00 bits per heavy atom. The maximum absolute atomic E-state index is 11.6. The molecule has 0 aromatic heterocycles. The highest BCUT2D eigenvalue weighted by Crippen LogP contribution is 2.30. The van der Waals surface area contributed by atoms with Gasteiger partial charge < -0.3 is 20.5 Å². The van der Waals surface area contributed by atoms with Crippen LogP contribution >= 0.6 is 0 Å². The van der Waals surface area contributed by atoms with Crippen LogP contribution in [0.3, 0.4) is 0 Å². The molecule has 1 rings (SSSR count). The summed E-state index contributed by atoms with van der Waals surface area (Å²) < 4.78 is 10.1. The Hall–Kier alpha value is -1.75. The lowest BCUT2D eigenvalue weighted by Crippen LogP contribution is -2.08. The zero-order valence-corrected chi connectivity index (χ0v) is 12.5. The van der Waals surface area contributed by atoms with Crippen LogP contribution in [-0.4, -0.2) is 33.3 Å². The van der Waals surface area contributed by atoms with Crippen molar-refractivity contribution in [2.45, 2.75) is 26.2 Å². The summed E-state index contributed by atoms with van der Waals surface area (Å²) in [6, 6.07) is 3.50. The van der Waals surface area contributed by atoms with Gasteiger partial charge in [0.15, 0.2) is 0 Å². The summed E-state index contributed by atoms with van der Waals surface area (Å²) in [5.74, 6) is 0.296. The molecule has 0 saturated carbocycles. The van der Waals surface area contributed by atoms with Crippen molar-refractivity contribution < 1.29 is 14.3 Å². The number of rotatable bonds is 8. The number of aryl methyl sites for hydroxylation is 1. The van der Waals surface area contributed by atoms with E-state index in [1.54, 1.807) is 19.2 Å². The lowest BCUT2D eigenvalue weighted by atomic mass is 10.1. The van der Waals surface area contributed by atoms with Crippen LogP contribution in [-0.2, 0) is 4.74 Å². The summed E-state index contributed by atoms with van der Waals surface area (Å²) in [6.45, 7) is 3.53. The van der Waals surface area contributed by atoms with E-state index in [0.717, 1.165) is 43.6 Å². The smallest absolute Gasteiger partial charge is 0.337 e. The average molecular weight is 280 g/mol. The first kappa shape index (κ1) is 16.3. The Morgan fingerprint density at radius 1 is 1.25 bits per heavy atom. The highest BCUT2D eigenvalue weighted by molar-refractivity contribution is 5.91. The fourth-order valence-corrected chi connectivity index (χ4v) is 2.04. The second-order valence-corrected chi connectivity index (χ2v) is 4.64. The quantitative estimate of drug-likeness (QED) is 0.565. The summed E-state index contributed by atoms with van der Waals surface area (Å²) in [5.41, 5.74) is 7.85. The van der Waals surface area contributed by atoms with E-state index in [4.69, 9.17) is 15.2 Å². The Balaban J connectivity index is 2.77.